The number of carbonyl (C=O) groups is 2. The van der Waals surface area contributed by atoms with Crippen LogP contribution in [0.3, 0.4) is 0 Å². The Morgan fingerprint density at radius 3 is 2.29 bits per heavy atom. The van der Waals surface area contributed by atoms with E-state index in [1.165, 1.54) is 23.1 Å². The summed E-state index contributed by atoms with van der Waals surface area (Å²) in [5, 5.41) is 2.84. The summed E-state index contributed by atoms with van der Waals surface area (Å²) in [4.78, 5) is 27.6. The molecule has 0 radical (unpaired) electrons. The highest BCUT2D eigenvalue weighted by atomic mass is 32.2. The first-order valence-electron chi connectivity index (χ1n) is 11.2. The van der Waals surface area contributed by atoms with Gasteiger partial charge in [0.05, 0.1) is 11.9 Å². The lowest BCUT2D eigenvalue weighted by Crippen LogP contribution is -2.52. The lowest BCUT2D eigenvalue weighted by Gasteiger charge is -2.32. The van der Waals surface area contributed by atoms with Crippen LogP contribution < -0.4 is 9.62 Å². The van der Waals surface area contributed by atoms with E-state index in [0.29, 0.717) is 12.1 Å². The van der Waals surface area contributed by atoms with Gasteiger partial charge in [-0.15, -0.1) is 0 Å². The molecule has 0 bridgehead atoms. The van der Waals surface area contributed by atoms with Crippen LogP contribution in [0.15, 0.2) is 42.5 Å². The van der Waals surface area contributed by atoms with E-state index in [9.17, 15) is 22.4 Å². The predicted octanol–water partition coefficient (Wildman–Crippen LogP) is 3.54. The van der Waals surface area contributed by atoms with Crippen molar-refractivity contribution in [3.63, 3.8) is 0 Å². The first-order valence-corrected chi connectivity index (χ1v) is 13.1. The molecule has 0 spiro atoms. The van der Waals surface area contributed by atoms with Gasteiger partial charge < -0.3 is 10.2 Å². The molecule has 186 valence electrons. The van der Waals surface area contributed by atoms with E-state index in [0.717, 1.165) is 21.7 Å². The summed E-state index contributed by atoms with van der Waals surface area (Å²) < 4.78 is 40.8. The number of anilines is 1. The molecule has 2 atom stereocenters. The summed E-state index contributed by atoms with van der Waals surface area (Å²) in [5.41, 5.74) is 2.22. The smallest absolute Gasteiger partial charge is 0.244 e. The zero-order chi connectivity index (χ0) is 25.6. The Labute approximate surface area is 202 Å². The number of halogens is 1. The topological polar surface area (TPSA) is 86.8 Å². The molecule has 9 heteroatoms. The van der Waals surface area contributed by atoms with E-state index in [1.807, 2.05) is 26.8 Å². The molecule has 0 aliphatic heterocycles. The fourth-order valence-corrected chi connectivity index (χ4v) is 4.36. The summed E-state index contributed by atoms with van der Waals surface area (Å²) in [6, 6.07) is 10.2. The molecule has 34 heavy (non-hydrogen) atoms. The summed E-state index contributed by atoms with van der Waals surface area (Å²) in [5.74, 6) is -1.51. The van der Waals surface area contributed by atoms with Gasteiger partial charge in [-0.3, -0.25) is 13.9 Å². The first-order chi connectivity index (χ1) is 15.9. The van der Waals surface area contributed by atoms with Crippen LogP contribution in [-0.4, -0.2) is 50.0 Å². The van der Waals surface area contributed by atoms with Gasteiger partial charge in [-0.2, -0.15) is 0 Å². The maximum atomic E-state index is 14.4. The number of amides is 2. The van der Waals surface area contributed by atoms with Crippen LogP contribution in [0, 0.1) is 19.7 Å². The largest absolute Gasteiger partial charge is 0.352 e. The maximum absolute atomic E-state index is 14.4. The standard InChI is InChI=1S/C25H34FN3O4S/c1-7-18(3)27-25(31)20(5)28(15-21-12-8-9-13-22(21)26)24(30)16-29(34(6,32)33)23-14-10-11-17(2)19(23)4/h8-14,18,20H,7,15-16H2,1-6H3,(H,27,31)/t18-,20+/m1/s1. The third-order valence-electron chi connectivity index (χ3n) is 5.99. The van der Waals surface area contributed by atoms with Gasteiger partial charge in [0.1, 0.15) is 18.4 Å². The van der Waals surface area contributed by atoms with E-state index in [4.69, 9.17) is 0 Å². The van der Waals surface area contributed by atoms with E-state index >= 15 is 0 Å². The van der Waals surface area contributed by atoms with Crippen LogP contribution in [0.25, 0.3) is 0 Å². The molecule has 0 fully saturated rings. The van der Waals surface area contributed by atoms with Crippen LogP contribution in [0.5, 0.6) is 0 Å². The molecule has 2 aromatic carbocycles. The Kier molecular flexibility index (Phi) is 9.21. The molecule has 0 saturated carbocycles. The number of aryl methyl sites for hydroxylation is 1. The average Bonchev–Trinajstić information content (AvgIpc) is 2.77. The van der Waals surface area contributed by atoms with Gasteiger partial charge in [-0.25, -0.2) is 12.8 Å². The second-order valence-electron chi connectivity index (χ2n) is 8.60. The number of carbonyl (C=O) groups excluding carboxylic acids is 2. The molecule has 2 rings (SSSR count). The number of hydrogen-bond donors (Lipinski definition) is 1. The molecular weight excluding hydrogens is 457 g/mol. The summed E-state index contributed by atoms with van der Waals surface area (Å²) in [6.07, 6.45) is 1.73. The van der Waals surface area contributed by atoms with Crippen LogP contribution >= 0.6 is 0 Å². The quantitative estimate of drug-likeness (QED) is 0.551. The Balaban J connectivity index is 2.45. The number of benzene rings is 2. The van der Waals surface area contributed by atoms with Gasteiger partial charge in [0, 0.05) is 18.2 Å². The van der Waals surface area contributed by atoms with Crippen molar-refractivity contribution in [2.24, 2.45) is 0 Å². The molecule has 2 amide bonds. The molecule has 7 nitrogen and oxygen atoms in total. The van der Waals surface area contributed by atoms with Crippen LogP contribution in [-0.2, 0) is 26.2 Å². The highest BCUT2D eigenvalue weighted by Crippen LogP contribution is 2.25. The molecule has 0 saturated heterocycles. The molecule has 0 aliphatic rings. The van der Waals surface area contributed by atoms with Gasteiger partial charge >= 0.3 is 0 Å². The lowest BCUT2D eigenvalue weighted by atomic mass is 10.1. The van der Waals surface area contributed by atoms with Crippen LogP contribution in [0.1, 0.15) is 43.9 Å². The Morgan fingerprint density at radius 1 is 1.06 bits per heavy atom. The molecule has 0 heterocycles. The molecular formula is C25H34FN3O4S. The Hall–Kier alpha value is -2.94. The first kappa shape index (κ1) is 27.3. The van der Waals surface area contributed by atoms with Crippen molar-refractivity contribution in [2.45, 2.75) is 59.7 Å². The third-order valence-corrected chi connectivity index (χ3v) is 7.12. The number of rotatable bonds is 10. The minimum absolute atomic E-state index is 0.108. The number of hydrogen-bond acceptors (Lipinski definition) is 4. The fraction of sp³-hybridized carbons (Fsp3) is 0.440. The normalized spacial score (nSPS) is 13.1. The monoisotopic (exact) mass is 491 g/mol. The minimum Gasteiger partial charge on any atom is -0.352 e. The Bertz CT molecular complexity index is 1140. The van der Waals surface area contributed by atoms with Gasteiger partial charge in [-0.1, -0.05) is 37.3 Å². The highest BCUT2D eigenvalue weighted by Gasteiger charge is 2.31. The van der Waals surface area contributed by atoms with Crippen molar-refractivity contribution in [2.75, 3.05) is 17.1 Å². The van der Waals surface area contributed by atoms with Crippen LogP contribution in [0.2, 0.25) is 0 Å². The fourth-order valence-electron chi connectivity index (χ4n) is 3.46. The second kappa shape index (κ2) is 11.5. The molecule has 2 aromatic rings. The summed E-state index contributed by atoms with van der Waals surface area (Å²) in [6.45, 7) is 8.27. The SMILES string of the molecule is CC[C@@H](C)NC(=O)[C@H](C)N(Cc1ccccc1F)C(=O)CN(c1cccc(C)c1C)S(C)(=O)=O. The number of sulfonamides is 1. The van der Waals surface area contributed by atoms with E-state index in [-0.39, 0.29) is 18.2 Å². The molecule has 1 N–H and O–H groups in total. The van der Waals surface area contributed by atoms with Crippen molar-refractivity contribution in [1.82, 2.24) is 10.2 Å². The molecule has 0 unspecified atom stereocenters. The highest BCUT2D eigenvalue weighted by molar-refractivity contribution is 7.92. The maximum Gasteiger partial charge on any atom is 0.244 e. The van der Waals surface area contributed by atoms with Crippen molar-refractivity contribution < 1.29 is 22.4 Å². The van der Waals surface area contributed by atoms with Gasteiger partial charge in [0.25, 0.3) is 0 Å². The number of nitrogens with one attached hydrogen (secondary N) is 1. The van der Waals surface area contributed by atoms with Crippen LogP contribution in [0.4, 0.5) is 10.1 Å². The Morgan fingerprint density at radius 2 is 1.71 bits per heavy atom. The summed E-state index contributed by atoms with van der Waals surface area (Å²) in [7, 11) is -3.82. The van der Waals surface area contributed by atoms with Crippen molar-refractivity contribution in [1.29, 1.82) is 0 Å². The van der Waals surface area contributed by atoms with E-state index in [2.05, 4.69) is 5.32 Å². The van der Waals surface area contributed by atoms with Gasteiger partial charge in [0.15, 0.2) is 0 Å². The van der Waals surface area contributed by atoms with Crippen molar-refractivity contribution in [3.8, 4) is 0 Å². The third kappa shape index (κ3) is 6.79. The number of nitrogens with zero attached hydrogens (tertiary/aromatic N) is 2. The van der Waals surface area contributed by atoms with E-state index in [1.54, 1.807) is 32.0 Å². The average molecular weight is 492 g/mol. The lowest BCUT2D eigenvalue weighted by molar-refractivity contribution is -0.139. The zero-order valence-corrected chi connectivity index (χ0v) is 21.4. The predicted molar refractivity (Wildman–Crippen MR) is 132 cm³/mol. The van der Waals surface area contributed by atoms with Gasteiger partial charge in [-0.05, 0) is 57.4 Å². The van der Waals surface area contributed by atoms with Crippen molar-refractivity contribution in [3.05, 3.63) is 65.0 Å². The second-order valence-corrected chi connectivity index (χ2v) is 10.5. The van der Waals surface area contributed by atoms with Crippen molar-refractivity contribution >= 4 is 27.5 Å². The van der Waals surface area contributed by atoms with Gasteiger partial charge in [0.2, 0.25) is 21.8 Å². The molecule has 0 aromatic heterocycles. The zero-order valence-electron chi connectivity index (χ0n) is 20.6. The molecule has 0 aliphatic carbocycles. The van der Waals surface area contributed by atoms with E-state index < -0.39 is 40.2 Å². The summed E-state index contributed by atoms with van der Waals surface area (Å²) >= 11 is 0. The minimum atomic E-state index is -3.82.